The van der Waals surface area contributed by atoms with E-state index in [1.807, 2.05) is 6.92 Å². The molecule has 0 amide bonds. The molecule has 94 valence electrons. The lowest BCUT2D eigenvalue weighted by Crippen LogP contribution is -2.29. The fourth-order valence-corrected chi connectivity index (χ4v) is 2.15. The number of aryl methyl sites for hydroxylation is 1. The fourth-order valence-electron chi connectivity index (χ4n) is 2.15. The van der Waals surface area contributed by atoms with Crippen LogP contribution in [0.25, 0.3) is 0 Å². The molecule has 1 unspecified atom stereocenters. The zero-order chi connectivity index (χ0) is 12.1. The van der Waals surface area contributed by atoms with Gasteiger partial charge in [-0.1, -0.05) is 0 Å². The van der Waals surface area contributed by atoms with Crippen LogP contribution in [0.3, 0.4) is 0 Å². The van der Waals surface area contributed by atoms with Crippen LogP contribution in [0.5, 0.6) is 0 Å². The summed E-state index contributed by atoms with van der Waals surface area (Å²) in [6.45, 7) is 4.72. The molecule has 5 nitrogen and oxygen atoms in total. The summed E-state index contributed by atoms with van der Waals surface area (Å²) >= 11 is 0. The largest absolute Gasteiger partial charge is 0.363 e. The van der Waals surface area contributed by atoms with Gasteiger partial charge in [-0.15, -0.1) is 0 Å². The van der Waals surface area contributed by atoms with E-state index in [2.05, 4.69) is 15.6 Å². The van der Waals surface area contributed by atoms with Crippen molar-refractivity contribution in [1.29, 1.82) is 0 Å². The van der Waals surface area contributed by atoms with E-state index in [0.29, 0.717) is 18.4 Å². The highest BCUT2D eigenvalue weighted by molar-refractivity contribution is 5.32. The maximum atomic E-state index is 12.0. The van der Waals surface area contributed by atoms with Crippen molar-refractivity contribution in [3.05, 3.63) is 22.7 Å². The van der Waals surface area contributed by atoms with Crippen molar-refractivity contribution in [2.24, 2.45) is 0 Å². The summed E-state index contributed by atoms with van der Waals surface area (Å²) in [6.07, 6.45) is 6.69. The molecule has 0 spiro atoms. The third-order valence-electron chi connectivity index (χ3n) is 3.17. The second-order valence-electron chi connectivity index (χ2n) is 4.39. The molecular weight excluding hydrogens is 216 g/mol. The van der Waals surface area contributed by atoms with Crippen molar-refractivity contribution in [3.8, 4) is 0 Å². The minimum atomic E-state index is -0.0211. The Labute approximate surface area is 101 Å². The summed E-state index contributed by atoms with van der Waals surface area (Å²) in [5, 5.41) is 6.64. The van der Waals surface area contributed by atoms with Crippen molar-refractivity contribution in [1.82, 2.24) is 14.9 Å². The molecule has 2 rings (SSSR count). The second kappa shape index (κ2) is 5.82. The molecule has 1 saturated heterocycles. The van der Waals surface area contributed by atoms with Gasteiger partial charge in [0.25, 0.3) is 5.56 Å². The molecule has 5 heteroatoms. The summed E-state index contributed by atoms with van der Waals surface area (Å²) < 4.78 is 1.67. The van der Waals surface area contributed by atoms with Crippen LogP contribution < -0.4 is 16.2 Å². The molecule has 1 aromatic rings. The molecule has 0 aliphatic carbocycles. The minimum Gasteiger partial charge on any atom is -0.363 e. The van der Waals surface area contributed by atoms with Crippen molar-refractivity contribution >= 4 is 5.82 Å². The van der Waals surface area contributed by atoms with Gasteiger partial charge in [-0.3, -0.25) is 4.79 Å². The molecule has 0 radical (unpaired) electrons. The molecule has 1 atom stereocenters. The van der Waals surface area contributed by atoms with Gasteiger partial charge in [-0.2, -0.15) is 0 Å². The Morgan fingerprint density at radius 1 is 1.53 bits per heavy atom. The first-order valence-corrected chi connectivity index (χ1v) is 6.34. The van der Waals surface area contributed by atoms with Gasteiger partial charge in [-0.05, 0) is 39.3 Å². The Morgan fingerprint density at radius 2 is 2.41 bits per heavy atom. The molecule has 1 fully saturated rings. The Bertz CT molecular complexity index is 407. The van der Waals surface area contributed by atoms with Crippen molar-refractivity contribution in [2.45, 2.75) is 38.8 Å². The maximum absolute atomic E-state index is 12.0. The quantitative estimate of drug-likeness (QED) is 0.815. The molecule has 17 heavy (non-hydrogen) atoms. The highest BCUT2D eigenvalue weighted by Gasteiger charge is 2.14. The molecule has 1 aliphatic rings. The van der Waals surface area contributed by atoms with Gasteiger partial charge < -0.3 is 15.2 Å². The summed E-state index contributed by atoms with van der Waals surface area (Å²) in [6, 6.07) is 0.359. The summed E-state index contributed by atoms with van der Waals surface area (Å²) in [5.74, 6) is 0.487. The average molecular weight is 236 g/mol. The zero-order valence-corrected chi connectivity index (χ0v) is 10.3. The van der Waals surface area contributed by atoms with E-state index in [0.717, 1.165) is 32.4 Å². The predicted molar refractivity (Wildman–Crippen MR) is 68.3 cm³/mol. The van der Waals surface area contributed by atoms with Crippen LogP contribution in [-0.4, -0.2) is 28.7 Å². The van der Waals surface area contributed by atoms with Gasteiger partial charge in [0.15, 0.2) is 5.82 Å². The molecule has 1 aromatic heterocycles. The number of hydrogen-bond acceptors (Lipinski definition) is 4. The lowest BCUT2D eigenvalue weighted by molar-refractivity contribution is 0.628. The monoisotopic (exact) mass is 236 g/mol. The van der Waals surface area contributed by atoms with Crippen LogP contribution in [0.1, 0.15) is 26.2 Å². The van der Waals surface area contributed by atoms with Gasteiger partial charge in [-0.25, -0.2) is 4.98 Å². The summed E-state index contributed by atoms with van der Waals surface area (Å²) in [5.41, 5.74) is -0.0211. The third kappa shape index (κ3) is 3.06. The van der Waals surface area contributed by atoms with Crippen LogP contribution in [0.15, 0.2) is 17.2 Å². The third-order valence-corrected chi connectivity index (χ3v) is 3.17. The molecule has 1 aliphatic heterocycles. The summed E-state index contributed by atoms with van der Waals surface area (Å²) in [4.78, 5) is 16.1. The van der Waals surface area contributed by atoms with Crippen LogP contribution in [0.2, 0.25) is 0 Å². The van der Waals surface area contributed by atoms with Gasteiger partial charge in [0.2, 0.25) is 0 Å². The predicted octanol–water partition coefficient (Wildman–Crippen LogP) is 0.817. The first kappa shape index (κ1) is 12.1. The number of anilines is 1. The SMILES string of the molecule is CCn1ccnc(NC2CCCNCC2)c1=O. The van der Waals surface area contributed by atoms with Crippen LogP contribution >= 0.6 is 0 Å². The molecule has 0 aromatic carbocycles. The second-order valence-corrected chi connectivity index (χ2v) is 4.39. The maximum Gasteiger partial charge on any atom is 0.293 e. The van der Waals surface area contributed by atoms with E-state index in [1.54, 1.807) is 17.0 Å². The Morgan fingerprint density at radius 3 is 3.24 bits per heavy atom. The van der Waals surface area contributed by atoms with Crippen molar-refractivity contribution < 1.29 is 0 Å². The number of hydrogen-bond donors (Lipinski definition) is 2. The van der Waals surface area contributed by atoms with E-state index < -0.39 is 0 Å². The summed E-state index contributed by atoms with van der Waals surface area (Å²) in [7, 11) is 0. The van der Waals surface area contributed by atoms with Crippen molar-refractivity contribution in [2.75, 3.05) is 18.4 Å². The standard InChI is InChI=1S/C12H20N4O/c1-2-16-9-8-14-11(12(16)17)15-10-4-3-6-13-7-5-10/h8-10,13H,2-7H2,1H3,(H,14,15). The minimum absolute atomic E-state index is 0.0211. The van der Waals surface area contributed by atoms with E-state index in [-0.39, 0.29) is 5.56 Å². The molecule has 2 heterocycles. The lowest BCUT2D eigenvalue weighted by Gasteiger charge is -2.16. The molecule has 2 N–H and O–H groups in total. The van der Waals surface area contributed by atoms with Crippen LogP contribution in [-0.2, 0) is 6.54 Å². The number of aromatic nitrogens is 2. The van der Waals surface area contributed by atoms with Gasteiger partial charge in [0.1, 0.15) is 0 Å². The lowest BCUT2D eigenvalue weighted by atomic mass is 10.1. The van der Waals surface area contributed by atoms with E-state index in [9.17, 15) is 4.79 Å². The average Bonchev–Trinajstić information content (AvgIpc) is 2.60. The van der Waals surface area contributed by atoms with E-state index in [4.69, 9.17) is 0 Å². The number of nitrogens with one attached hydrogen (secondary N) is 2. The highest BCUT2D eigenvalue weighted by atomic mass is 16.1. The zero-order valence-electron chi connectivity index (χ0n) is 10.3. The Hall–Kier alpha value is -1.36. The first-order valence-electron chi connectivity index (χ1n) is 6.34. The molecular formula is C12H20N4O. The smallest absolute Gasteiger partial charge is 0.293 e. The normalized spacial score (nSPS) is 20.9. The van der Waals surface area contributed by atoms with Crippen LogP contribution in [0.4, 0.5) is 5.82 Å². The highest BCUT2D eigenvalue weighted by Crippen LogP contribution is 2.09. The molecule has 0 saturated carbocycles. The Kier molecular flexibility index (Phi) is 4.14. The van der Waals surface area contributed by atoms with Crippen molar-refractivity contribution in [3.63, 3.8) is 0 Å². The van der Waals surface area contributed by atoms with Gasteiger partial charge >= 0.3 is 0 Å². The molecule has 0 bridgehead atoms. The first-order chi connectivity index (χ1) is 8.31. The fraction of sp³-hybridized carbons (Fsp3) is 0.667. The number of nitrogens with zero attached hydrogens (tertiary/aromatic N) is 2. The van der Waals surface area contributed by atoms with Gasteiger partial charge in [0.05, 0.1) is 0 Å². The van der Waals surface area contributed by atoms with Crippen LogP contribution in [0, 0.1) is 0 Å². The van der Waals surface area contributed by atoms with E-state index >= 15 is 0 Å². The number of rotatable bonds is 3. The van der Waals surface area contributed by atoms with E-state index in [1.165, 1.54) is 0 Å². The Balaban J connectivity index is 2.09. The topological polar surface area (TPSA) is 59.0 Å². The van der Waals surface area contributed by atoms with Gasteiger partial charge in [0, 0.05) is 25.0 Å².